The topological polar surface area (TPSA) is 113 Å². The van der Waals surface area contributed by atoms with Crippen LogP contribution in [-0.4, -0.2) is 53.3 Å². The Hall–Kier alpha value is -3.41. The molecule has 9 nitrogen and oxygen atoms in total. The number of sulfonamides is 2. The highest BCUT2D eigenvalue weighted by Gasteiger charge is 2.28. The molecule has 0 radical (unpaired) electrons. The highest BCUT2D eigenvalue weighted by atomic mass is 32.2. The van der Waals surface area contributed by atoms with E-state index >= 15 is 0 Å². The molecule has 4 rings (SSSR count). The first-order valence-electron chi connectivity index (χ1n) is 12.9. The predicted molar refractivity (Wildman–Crippen MR) is 151 cm³/mol. The fourth-order valence-corrected chi connectivity index (χ4v) is 7.34. The lowest BCUT2D eigenvalue weighted by Crippen LogP contribution is -2.38. The summed E-state index contributed by atoms with van der Waals surface area (Å²) in [5, 5.41) is 2.69. The minimum absolute atomic E-state index is 0.0507. The summed E-state index contributed by atoms with van der Waals surface area (Å²) in [5.74, 6) is 0.00416. The van der Waals surface area contributed by atoms with Crippen LogP contribution in [0.15, 0.2) is 88.7 Å². The molecule has 1 aliphatic heterocycles. The number of ether oxygens (including phenoxy) is 1. The molecule has 39 heavy (non-hydrogen) atoms. The van der Waals surface area contributed by atoms with E-state index in [0.29, 0.717) is 36.8 Å². The van der Waals surface area contributed by atoms with Crippen molar-refractivity contribution in [3.05, 3.63) is 78.9 Å². The van der Waals surface area contributed by atoms with Crippen LogP contribution in [0.2, 0.25) is 0 Å². The molecule has 11 heteroatoms. The molecule has 0 aromatic heterocycles. The molecule has 0 spiro atoms. The first-order chi connectivity index (χ1) is 18.7. The highest BCUT2D eigenvalue weighted by Crippen LogP contribution is 2.26. The van der Waals surface area contributed by atoms with Gasteiger partial charge in [0, 0.05) is 18.8 Å². The van der Waals surface area contributed by atoms with E-state index in [1.807, 2.05) is 6.92 Å². The summed E-state index contributed by atoms with van der Waals surface area (Å²) in [6, 6.07) is 20.3. The van der Waals surface area contributed by atoms with Gasteiger partial charge in [-0.05, 0) is 80.4 Å². The number of nitrogens with zero attached hydrogens (tertiary/aromatic N) is 2. The zero-order valence-corrected chi connectivity index (χ0v) is 23.5. The van der Waals surface area contributed by atoms with Crippen molar-refractivity contribution in [1.82, 2.24) is 4.31 Å². The van der Waals surface area contributed by atoms with E-state index in [1.54, 1.807) is 42.5 Å². The van der Waals surface area contributed by atoms with Crippen molar-refractivity contribution in [3.8, 4) is 5.75 Å². The van der Waals surface area contributed by atoms with Crippen LogP contribution in [0.4, 0.5) is 11.4 Å². The van der Waals surface area contributed by atoms with Crippen LogP contribution in [0.1, 0.15) is 32.6 Å². The minimum atomic E-state index is -4.06. The molecule has 1 saturated heterocycles. The Labute approximate surface area is 230 Å². The van der Waals surface area contributed by atoms with Crippen LogP contribution in [0.5, 0.6) is 5.75 Å². The van der Waals surface area contributed by atoms with E-state index in [0.717, 1.165) is 30.0 Å². The SMILES string of the molecule is CCOc1ccc(N(CC(=O)Nc2ccc(S(=O)(=O)N3CCCCCC3)cc2)S(=O)(=O)c2ccccc2)cc1. The van der Waals surface area contributed by atoms with Crippen LogP contribution in [0.25, 0.3) is 0 Å². The largest absolute Gasteiger partial charge is 0.494 e. The van der Waals surface area contributed by atoms with Gasteiger partial charge in [0.1, 0.15) is 12.3 Å². The van der Waals surface area contributed by atoms with Gasteiger partial charge < -0.3 is 10.1 Å². The number of hydrogen-bond donors (Lipinski definition) is 1. The third-order valence-electron chi connectivity index (χ3n) is 6.40. The van der Waals surface area contributed by atoms with Crippen LogP contribution in [-0.2, 0) is 24.8 Å². The number of amides is 1. The van der Waals surface area contributed by atoms with Crippen molar-refractivity contribution >= 4 is 37.3 Å². The summed E-state index contributed by atoms with van der Waals surface area (Å²) in [5.41, 5.74) is 0.662. The third kappa shape index (κ3) is 6.97. The Morgan fingerprint density at radius 2 is 1.44 bits per heavy atom. The van der Waals surface area contributed by atoms with Gasteiger partial charge in [-0.3, -0.25) is 9.10 Å². The summed E-state index contributed by atoms with van der Waals surface area (Å²) in [6.07, 6.45) is 3.71. The smallest absolute Gasteiger partial charge is 0.264 e. The van der Waals surface area contributed by atoms with Gasteiger partial charge in [0.15, 0.2) is 0 Å². The second-order valence-electron chi connectivity index (χ2n) is 9.14. The van der Waals surface area contributed by atoms with Crippen molar-refractivity contribution in [3.63, 3.8) is 0 Å². The molecule has 0 unspecified atom stereocenters. The molecule has 1 aliphatic rings. The number of nitrogens with one attached hydrogen (secondary N) is 1. The molecule has 1 fully saturated rings. The minimum Gasteiger partial charge on any atom is -0.494 e. The quantitative estimate of drug-likeness (QED) is 0.384. The second kappa shape index (κ2) is 12.6. The van der Waals surface area contributed by atoms with Gasteiger partial charge in [0.2, 0.25) is 15.9 Å². The highest BCUT2D eigenvalue weighted by molar-refractivity contribution is 7.92. The maximum absolute atomic E-state index is 13.5. The Morgan fingerprint density at radius 3 is 2.03 bits per heavy atom. The molecular weight excluding hydrogens is 538 g/mol. The molecule has 3 aromatic carbocycles. The monoisotopic (exact) mass is 571 g/mol. The van der Waals surface area contributed by atoms with Gasteiger partial charge in [0.05, 0.1) is 22.1 Å². The van der Waals surface area contributed by atoms with Gasteiger partial charge in [-0.15, -0.1) is 0 Å². The van der Waals surface area contributed by atoms with Crippen molar-refractivity contribution in [2.75, 3.05) is 35.9 Å². The lowest BCUT2D eigenvalue weighted by atomic mass is 10.2. The normalized spacial score (nSPS) is 14.8. The molecule has 1 N–H and O–H groups in total. The fourth-order valence-electron chi connectivity index (χ4n) is 4.38. The summed E-state index contributed by atoms with van der Waals surface area (Å²) >= 11 is 0. The summed E-state index contributed by atoms with van der Waals surface area (Å²) < 4.78 is 61.1. The number of carbonyl (C=O) groups is 1. The Morgan fingerprint density at radius 1 is 0.821 bits per heavy atom. The molecule has 208 valence electrons. The van der Waals surface area contributed by atoms with Gasteiger partial charge in [-0.1, -0.05) is 31.0 Å². The van der Waals surface area contributed by atoms with E-state index in [2.05, 4.69) is 5.32 Å². The van der Waals surface area contributed by atoms with Crippen molar-refractivity contribution in [1.29, 1.82) is 0 Å². The van der Waals surface area contributed by atoms with Crippen molar-refractivity contribution in [2.45, 2.75) is 42.4 Å². The Bertz CT molecular complexity index is 1450. The number of carbonyl (C=O) groups excluding carboxylic acids is 1. The first kappa shape index (κ1) is 28.6. The molecule has 0 atom stereocenters. The second-order valence-corrected chi connectivity index (χ2v) is 12.9. The predicted octanol–water partition coefficient (Wildman–Crippen LogP) is 4.48. The third-order valence-corrected chi connectivity index (χ3v) is 10.1. The van der Waals surface area contributed by atoms with Crippen LogP contribution < -0.4 is 14.4 Å². The summed E-state index contributed by atoms with van der Waals surface area (Å²) in [7, 11) is -7.68. The zero-order valence-electron chi connectivity index (χ0n) is 21.8. The zero-order chi connectivity index (χ0) is 27.9. The van der Waals surface area contributed by atoms with E-state index in [9.17, 15) is 21.6 Å². The van der Waals surface area contributed by atoms with Gasteiger partial charge in [-0.25, -0.2) is 16.8 Å². The average molecular weight is 572 g/mol. The molecule has 0 bridgehead atoms. The molecule has 3 aromatic rings. The number of anilines is 2. The Kier molecular flexibility index (Phi) is 9.26. The van der Waals surface area contributed by atoms with E-state index in [-0.39, 0.29) is 9.79 Å². The molecular formula is C28H33N3O6S2. The summed E-state index contributed by atoms with van der Waals surface area (Å²) in [4.78, 5) is 13.3. The van der Waals surface area contributed by atoms with Crippen molar-refractivity contribution in [2.24, 2.45) is 0 Å². The standard InChI is InChI=1S/C28H33N3O6S2/c1-2-37-25-16-14-24(15-17-25)31(39(35,36)26-10-6-5-7-11-26)22-28(32)29-23-12-18-27(19-13-23)38(33,34)30-20-8-3-4-9-21-30/h5-7,10-19H,2-4,8-9,20-22H2,1H3,(H,29,32). The number of hydrogen-bond acceptors (Lipinski definition) is 6. The van der Waals surface area contributed by atoms with E-state index in [1.165, 1.54) is 40.7 Å². The number of benzene rings is 3. The molecule has 1 amide bonds. The Balaban J connectivity index is 1.53. The van der Waals surface area contributed by atoms with E-state index < -0.39 is 32.5 Å². The maximum Gasteiger partial charge on any atom is 0.264 e. The molecule has 1 heterocycles. The van der Waals surface area contributed by atoms with E-state index in [4.69, 9.17) is 4.74 Å². The van der Waals surface area contributed by atoms with Crippen LogP contribution in [0.3, 0.4) is 0 Å². The van der Waals surface area contributed by atoms with Crippen LogP contribution >= 0.6 is 0 Å². The lowest BCUT2D eigenvalue weighted by Gasteiger charge is -2.24. The number of rotatable bonds is 10. The molecule has 0 aliphatic carbocycles. The lowest BCUT2D eigenvalue weighted by molar-refractivity contribution is -0.114. The van der Waals surface area contributed by atoms with Gasteiger partial charge in [0.25, 0.3) is 10.0 Å². The first-order valence-corrected chi connectivity index (χ1v) is 15.8. The average Bonchev–Trinajstić information content (AvgIpc) is 3.24. The van der Waals surface area contributed by atoms with Crippen molar-refractivity contribution < 1.29 is 26.4 Å². The van der Waals surface area contributed by atoms with Gasteiger partial charge in [-0.2, -0.15) is 4.31 Å². The van der Waals surface area contributed by atoms with Crippen LogP contribution in [0, 0.1) is 0 Å². The maximum atomic E-state index is 13.5. The fraction of sp³-hybridized carbons (Fsp3) is 0.321. The summed E-state index contributed by atoms with van der Waals surface area (Å²) in [6.45, 7) is 2.82. The van der Waals surface area contributed by atoms with Gasteiger partial charge >= 0.3 is 0 Å². The molecule has 0 saturated carbocycles.